The molecule has 5 aromatic rings. The largest absolute Gasteiger partial charge is 0.480 e. The highest BCUT2D eigenvalue weighted by Gasteiger charge is 2.13. The van der Waals surface area contributed by atoms with Gasteiger partial charge in [0.2, 0.25) is 0 Å². The fourth-order valence-corrected chi connectivity index (χ4v) is 4.33. The number of hydrogen-bond acceptors (Lipinski definition) is 7. The maximum Gasteiger partial charge on any atom is 0.341 e. The minimum atomic E-state index is -1.03. The van der Waals surface area contributed by atoms with Gasteiger partial charge in [0, 0.05) is 24.3 Å². The highest BCUT2D eigenvalue weighted by molar-refractivity contribution is 7.20. The van der Waals surface area contributed by atoms with Crippen LogP contribution in [0, 0.1) is 0 Å². The third-order valence-corrected chi connectivity index (χ3v) is 6.42. The Morgan fingerprint density at radius 2 is 1.70 bits per heavy atom. The summed E-state index contributed by atoms with van der Waals surface area (Å²) >= 11 is 7.42. The fourth-order valence-electron chi connectivity index (χ4n) is 3.30. The van der Waals surface area contributed by atoms with Gasteiger partial charge in [0.05, 0.1) is 15.2 Å². The average molecular weight is 536 g/mol. The van der Waals surface area contributed by atoms with Crippen LogP contribution in [0.3, 0.4) is 0 Å². The van der Waals surface area contributed by atoms with Gasteiger partial charge in [0.25, 0.3) is 11.1 Å². The van der Waals surface area contributed by atoms with Gasteiger partial charge in [-0.3, -0.25) is 9.78 Å². The first-order valence-corrected chi connectivity index (χ1v) is 12.3. The molecule has 0 saturated heterocycles. The van der Waals surface area contributed by atoms with E-state index in [1.165, 1.54) is 11.3 Å². The topological polar surface area (TPSA) is 102 Å². The number of thiazole rings is 1. The first-order valence-electron chi connectivity index (χ1n) is 11.1. The van der Waals surface area contributed by atoms with Gasteiger partial charge in [-0.15, -0.1) is 0 Å². The molecule has 188 valence electrons. The maximum absolute atomic E-state index is 12.1. The van der Waals surface area contributed by atoms with E-state index in [1.54, 1.807) is 42.4 Å². The summed E-state index contributed by atoms with van der Waals surface area (Å²) in [4.78, 5) is 32.6. The zero-order valence-electron chi connectivity index (χ0n) is 19.7. The minimum absolute atomic E-state index is 0.0226. The SMILES string of the molecule is CN(C(=O)COc1nc2ccccc2s1)c1ccccc1.O=C(O)COc1ccc(Cl)c2cccnc12. The number of carboxylic acid groups (broad SMARTS) is 1. The molecule has 2 heterocycles. The lowest BCUT2D eigenvalue weighted by Crippen LogP contribution is -2.31. The number of aromatic nitrogens is 2. The molecule has 0 fully saturated rings. The predicted molar refractivity (Wildman–Crippen MR) is 145 cm³/mol. The second kappa shape index (κ2) is 12.2. The molecule has 2 aromatic heterocycles. The molecule has 0 atom stereocenters. The molecule has 0 saturated carbocycles. The van der Waals surface area contributed by atoms with E-state index in [-0.39, 0.29) is 12.5 Å². The van der Waals surface area contributed by atoms with Gasteiger partial charge in [-0.1, -0.05) is 53.3 Å². The van der Waals surface area contributed by atoms with E-state index in [9.17, 15) is 9.59 Å². The van der Waals surface area contributed by atoms with Crippen molar-refractivity contribution in [3.63, 3.8) is 0 Å². The van der Waals surface area contributed by atoms with Crippen LogP contribution >= 0.6 is 22.9 Å². The van der Waals surface area contributed by atoms with Crippen LogP contribution in [0.1, 0.15) is 0 Å². The van der Waals surface area contributed by atoms with E-state index < -0.39 is 12.6 Å². The summed E-state index contributed by atoms with van der Waals surface area (Å²) in [5.41, 5.74) is 2.30. The number of para-hydroxylation sites is 2. The van der Waals surface area contributed by atoms with E-state index in [2.05, 4.69) is 9.97 Å². The van der Waals surface area contributed by atoms with E-state index in [0.717, 1.165) is 21.3 Å². The number of ether oxygens (including phenoxy) is 2. The van der Waals surface area contributed by atoms with E-state index in [4.69, 9.17) is 26.2 Å². The number of rotatable bonds is 7. The van der Waals surface area contributed by atoms with Crippen molar-refractivity contribution in [2.24, 2.45) is 0 Å². The third kappa shape index (κ3) is 6.72. The molecule has 3 aromatic carbocycles. The summed E-state index contributed by atoms with van der Waals surface area (Å²) in [6.07, 6.45) is 1.60. The summed E-state index contributed by atoms with van der Waals surface area (Å²) in [7, 11) is 1.74. The van der Waals surface area contributed by atoms with Crippen molar-refractivity contribution in [1.29, 1.82) is 0 Å². The predicted octanol–water partition coefficient (Wildman–Crippen LogP) is 5.69. The lowest BCUT2D eigenvalue weighted by molar-refractivity contribution is -0.139. The Morgan fingerprint density at radius 1 is 0.946 bits per heavy atom. The number of likely N-dealkylation sites (N-methyl/N-ethyl adjacent to an activating group) is 1. The lowest BCUT2D eigenvalue weighted by Gasteiger charge is -2.16. The van der Waals surface area contributed by atoms with Crippen molar-refractivity contribution in [1.82, 2.24) is 9.97 Å². The number of pyridine rings is 1. The Kier molecular flexibility index (Phi) is 8.50. The molecule has 37 heavy (non-hydrogen) atoms. The van der Waals surface area contributed by atoms with Crippen molar-refractivity contribution in [3.05, 3.63) is 90.1 Å². The molecule has 1 N–H and O–H groups in total. The Morgan fingerprint density at radius 3 is 2.46 bits per heavy atom. The summed E-state index contributed by atoms with van der Waals surface area (Å²) in [6.45, 7) is -0.418. The number of carbonyl (C=O) groups excluding carboxylic acids is 1. The van der Waals surface area contributed by atoms with Gasteiger partial charge >= 0.3 is 5.97 Å². The highest BCUT2D eigenvalue weighted by Crippen LogP contribution is 2.29. The molecule has 0 bridgehead atoms. The van der Waals surface area contributed by atoms with Crippen LogP contribution in [0.2, 0.25) is 5.02 Å². The minimum Gasteiger partial charge on any atom is -0.480 e. The molecule has 0 radical (unpaired) electrons. The smallest absolute Gasteiger partial charge is 0.341 e. The zero-order chi connectivity index (χ0) is 26.2. The highest BCUT2D eigenvalue weighted by atomic mass is 35.5. The lowest BCUT2D eigenvalue weighted by atomic mass is 10.2. The van der Waals surface area contributed by atoms with E-state index in [1.807, 2.05) is 54.6 Å². The van der Waals surface area contributed by atoms with Crippen LogP contribution < -0.4 is 14.4 Å². The standard InChI is InChI=1S/C16H14N2O2S.C11H8ClNO3/c1-18(12-7-3-2-4-8-12)15(19)11-20-16-17-13-9-5-6-10-14(13)21-16;12-8-3-4-9(16-6-10(14)15)11-7(8)2-1-5-13-11/h2-10H,11H2,1H3;1-5H,6H2,(H,14,15). The number of amides is 1. The van der Waals surface area contributed by atoms with Gasteiger partial charge in [-0.25, -0.2) is 9.78 Å². The van der Waals surface area contributed by atoms with Crippen LogP contribution in [-0.4, -0.2) is 47.2 Å². The summed E-state index contributed by atoms with van der Waals surface area (Å²) in [5.74, 6) is -0.720. The fraction of sp³-hybridized carbons (Fsp3) is 0.111. The molecule has 0 aliphatic rings. The van der Waals surface area contributed by atoms with Gasteiger partial charge in [-0.2, -0.15) is 0 Å². The summed E-state index contributed by atoms with van der Waals surface area (Å²) in [5, 5.41) is 10.4. The monoisotopic (exact) mass is 535 g/mol. The Hall–Kier alpha value is -4.21. The number of nitrogens with zero attached hydrogens (tertiary/aromatic N) is 3. The molecule has 0 unspecified atom stereocenters. The van der Waals surface area contributed by atoms with Crippen LogP contribution in [0.25, 0.3) is 21.1 Å². The van der Waals surface area contributed by atoms with E-state index >= 15 is 0 Å². The van der Waals surface area contributed by atoms with Gasteiger partial charge in [0.15, 0.2) is 13.2 Å². The normalized spacial score (nSPS) is 10.4. The number of halogens is 1. The maximum atomic E-state index is 12.1. The first kappa shape index (κ1) is 25.9. The van der Waals surface area contributed by atoms with Crippen LogP contribution in [0.4, 0.5) is 5.69 Å². The summed E-state index contributed by atoms with van der Waals surface area (Å²) in [6, 6.07) is 24.1. The molecular weight excluding hydrogens is 514 g/mol. The summed E-state index contributed by atoms with van der Waals surface area (Å²) < 4.78 is 11.7. The van der Waals surface area contributed by atoms with Crippen molar-refractivity contribution in [3.8, 4) is 10.9 Å². The molecule has 0 aliphatic carbocycles. The van der Waals surface area contributed by atoms with Crippen molar-refractivity contribution in [2.45, 2.75) is 0 Å². The van der Waals surface area contributed by atoms with Crippen LogP contribution in [-0.2, 0) is 9.59 Å². The average Bonchev–Trinajstić information content (AvgIpc) is 3.35. The van der Waals surface area contributed by atoms with E-state index in [0.29, 0.717) is 21.5 Å². The number of hydrogen-bond donors (Lipinski definition) is 1. The number of fused-ring (bicyclic) bond motifs is 2. The molecule has 1 amide bonds. The van der Waals surface area contributed by atoms with Gasteiger partial charge in [-0.05, 0) is 48.5 Å². The molecule has 8 nitrogen and oxygen atoms in total. The van der Waals surface area contributed by atoms with Crippen LogP contribution in [0.5, 0.6) is 10.9 Å². The number of carbonyl (C=O) groups is 2. The first-order chi connectivity index (χ1) is 17.9. The third-order valence-electron chi connectivity index (χ3n) is 5.14. The zero-order valence-corrected chi connectivity index (χ0v) is 21.3. The number of carboxylic acids is 1. The second-order valence-corrected chi connectivity index (χ2v) is 9.05. The molecule has 0 spiro atoms. The number of anilines is 1. The van der Waals surface area contributed by atoms with Crippen LogP contribution in [0.15, 0.2) is 85.1 Å². The Balaban J connectivity index is 0.000000180. The molecule has 5 rings (SSSR count). The van der Waals surface area contributed by atoms with Crippen molar-refractivity contribution < 1.29 is 24.2 Å². The number of aliphatic carboxylic acids is 1. The Bertz CT molecular complexity index is 1490. The Labute approximate surface area is 221 Å². The quantitative estimate of drug-likeness (QED) is 0.285. The second-order valence-electron chi connectivity index (χ2n) is 7.65. The van der Waals surface area contributed by atoms with Gasteiger partial charge < -0.3 is 19.5 Å². The van der Waals surface area contributed by atoms with Crippen molar-refractivity contribution >= 4 is 61.6 Å². The molecule has 0 aliphatic heterocycles. The van der Waals surface area contributed by atoms with Crippen molar-refractivity contribution in [2.75, 3.05) is 25.2 Å². The molecule has 10 heteroatoms. The molecular formula is C27H22ClN3O5S. The number of benzene rings is 3. The van der Waals surface area contributed by atoms with Gasteiger partial charge in [0.1, 0.15) is 11.3 Å².